The van der Waals surface area contributed by atoms with Crippen LogP contribution in [0.3, 0.4) is 0 Å². The van der Waals surface area contributed by atoms with Gasteiger partial charge in [0.05, 0.1) is 0 Å². The molecular formula is C11H24N2S. The van der Waals surface area contributed by atoms with Gasteiger partial charge in [0.2, 0.25) is 0 Å². The van der Waals surface area contributed by atoms with Crippen molar-refractivity contribution in [2.75, 3.05) is 31.1 Å². The third-order valence-electron chi connectivity index (χ3n) is 3.16. The summed E-state index contributed by atoms with van der Waals surface area (Å²) < 4.78 is 0. The van der Waals surface area contributed by atoms with Crippen LogP contribution < -0.4 is 5.73 Å². The van der Waals surface area contributed by atoms with Crippen molar-refractivity contribution in [1.29, 1.82) is 0 Å². The largest absolute Gasteiger partial charge is 0.329 e. The molecule has 1 rings (SSSR count). The highest BCUT2D eigenvalue weighted by molar-refractivity contribution is 7.99. The van der Waals surface area contributed by atoms with E-state index >= 15 is 0 Å². The topological polar surface area (TPSA) is 29.3 Å². The molecule has 14 heavy (non-hydrogen) atoms. The van der Waals surface area contributed by atoms with Crippen LogP contribution in [-0.2, 0) is 0 Å². The molecule has 1 aliphatic rings. The summed E-state index contributed by atoms with van der Waals surface area (Å²) in [5, 5.41) is 0. The van der Waals surface area contributed by atoms with Crippen LogP contribution in [-0.4, -0.2) is 42.1 Å². The lowest BCUT2D eigenvalue weighted by molar-refractivity contribution is 0.162. The van der Waals surface area contributed by atoms with E-state index in [0.717, 1.165) is 12.5 Å². The fourth-order valence-electron chi connectivity index (χ4n) is 2.30. The molecule has 0 aromatic carbocycles. The van der Waals surface area contributed by atoms with Crippen molar-refractivity contribution >= 4 is 11.8 Å². The second-order valence-corrected chi connectivity index (χ2v) is 5.44. The summed E-state index contributed by atoms with van der Waals surface area (Å²) in [6, 6.07) is 0.621. The quantitative estimate of drug-likeness (QED) is 0.760. The predicted molar refractivity (Wildman–Crippen MR) is 65.8 cm³/mol. The molecule has 3 heteroatoms. The van der Waals surface area contributed by atoms with Crippen molar-refractivity contribution < 1.29 is 0 Å². The number of hydrogen-bond acceptors (Lipinski definition) is 3. The van der Waals surface area contributed by atoms with Crippen molar-refractivity contribution in [3.05, 3.63) is 0 Å². The molecule has 2 unspecified atom stereocenters. The van der Waals surface area contributed by atoms with Gasteiger partial charge >= 0.3 is 0 Å². The highest BCUT2D eigenvalue weighted by Gasteiger charge is 2.23. The minimum absolute atomic E-state index is 0.621. The van der Waals surface area contributed by atoms with Crippen LogP contribution >= 0.6 is 11.8 Å². The maximum atomic E-state index is 5.89. The second kappa shape index (κ2) is 6.70. The number of nitrogens with zero attached hydrogens (tertiary/aromatic N) is 1. The Bertz CT molecular complexity index is 146. The molecule has 0 radical (unpaired) electrons. The molecule has 0 saturated carbocycles. The van der Waals surface area contributed by atoms with E-state index in [9.17, 15) is 0 Å². The van der Waals surface area contributed by atoms with Crippen LogP contribution in [0.15, 0.2) is 0 Å². The van der Waals surface area contributed by atoms with Gasteiger partial charge in [-0.2, -0.15) is 11.8 Å². The Morgan fingerprint density at radius 2 is 2.00 bits per heavy atom. The van der Waals surface area contributed by atoms with E-state index in [2.05, 4.69) is 30.5 Å². The molecule has 1 fully saturated rings. The highest BCUT2D eigenvalue weighted by atomic mass is 32.2. The lowest BCUT2D eigenvalue weighted by atomic mass is 9.95. The van der Waals surface area contributed by atoms with Gasteiger partial charge in [0.15, 0.2) is 0 Å². The van der Waals surface area contributed by atoms with Crippen molar-refractivity contribution in [2.45, 2.75) is 32.7 Å². The van der Waals surface area contributed by atoms with Gasteiger partial charge in [0, 0.05) is 37.2 Å². The van der Waals surface area contributed by atoms with Gasteiger partial charge in [-0.05, 0) is 12.3 Å². The molecular weight excluding hydrogens is 192 g/mol. The molecule has 2 nitrogen and oxygen atoms in total. The van der Waals surface area contributed by atoms with Crippen molar-refractivity contribution in [3.8, 4) is 0 Å². The zero-order valence-electron chi connectivity index (χ0n) is 9.54. The summed E-state index contributed by atoms with van der Waals surface area (Å²) in [5.74, 6) is 3.33. The number of rotatable bonds is 5. The average molecular weight is 216 g/mol. The van der Waals surface area contributed by atoms with Gasteiger partial charge in [0.25, 0.3) is 0 Å². The molecule has 2 atom stereocenters. The highest BCUT2D eigenvalue weighted by Crippen LogP contribution is 2.19. The van der Waals surface area contributed by atoms with Crippen LogP contribution in [0.5, 0.6) is 0 Å². The predicted octanol–water partition coefficient (Wildman–Crippen LogP) is 1.80. The van der Waals surface area contributed by atoms with Crippen LogP contribution in [0.1, 0.15) is 26.7 Å². The van der Waals surface area contributed by atoms with Gasteiger partial charge in [-0.15, -0.1) is 0 Å². The normalized spacial score (nSPS) is 23.4. The molecule has 0 aliphatic carbocycles. The van der Waals surface area contributed by atoms with Gasteiger partial charge < -0.3 is 5.73 Å². The molecule has 0 aromatic rings. The third-order valence-corrected chi connectivity index (χ3v) is 4.10. The minimum atomic E-state index is 0.621. The average Bonchev–Trinajstić information content (AvgIpc) is 2.21. The fourth-order valence-corrected chi connectivity index (χ4v) is 3.23. The summed E-state index contributed by atoms with van der Waals surface area (Å²) in [5.41, 5.74) is 5.89. The SMILES string of the molecule is CCCC(C)C(CN)N1CCSCC1. The first kappa shape index (κ1) is 12.3. The van der Waals surface area contributed by atoms with E-state index in [0.29, 0.717) is 6.04 Å². The van der Waals surface area contributed by atoms with E-state index in [4.69, 9.17) is 5.73 Å². The molecule has 2 N–H and O–H groups in total. The van der Waals surface area contributed by atoms with Crippen molar-refractivity contribution in [3.63, 3.8) is 0 Å². The second-order valence-electron chi connectivity index (χ2n) is 4.22. The summed E-state index contributed by atoms with van der Waals surface area (Å²) in [7, 11) is 0. The number of hydrogen-bond donors (Lipinski definition) is 1. The third kappa shape index (κ3) is 3.44. The van der Waals surface area contributed by atoms with E-state index < -0.39 is 0 Å². The fraction of sp³-hybridized carbons (Fsp3) is 1.00. The monoisotopic (exact) mass is 216 g/mol. The van der Waals surface area contributed by atoms with Crippen LogP contribution in [0.2, 0.25) is 0 Å². The van der Waals surface area contributed by atoms with Gasteiger partial charge in [0.1, 0.15) is 0 Å². The summed E-state index contributed by atoms with van der Waals surface area (Å²) in [6.07, 6.45) is 2.59. The Labute approximate surface area is 92.6 Å². The Morgan fingerprint density at radius 3 is 2.50 bits per heavy atom. The first-order chi connectivity index (χ1) is 6.79. The first-order valence-corrected chi connectivity index (χ1v) is 6.97. The zero-order valence-corrected chi connectivity index (χ0v) is 10.4. The maximum absolute atomic E-state index is 5.89. The van der Waals surface area contributed by atoms with Gasteiger partial charge in [-0.1, -0.05) is 20.3 Å². The zero-order chi connectivity index (χ0) is 10.4. The minimum Gasteiger partial charge on any atom is -0.329 e. The molecule has 0 aromatic heterocycles. The lowest BCUT2D eigenvalue weighted by Crippen LogP contribution is -2.48. The van der Waals surface area contributed by atoms with E-state index in [1.807, 2.05) is 0 Å². The smallest absolute Gasteiger partial charge is 0.0244 e. The summed E-state index contributed by atoms with van der Waals surface area (Å²) in [4.78, 5) is 2.59. The Kier molecular flexibility index (Phi) is 5.90. The molecule has 1 saturated heterocycles. The summed E-state index contributed by atoms with van der Waals surface area (Å²) in [6.45, 7) is 7.91. The van der Waals surface area contributed by atoms with Gasteiger partial charge in [-0.25, -0.2) is 0 Å². The molecule has 0 spiro atoms. The molecule has 0 bridgehead atoms. The number of thioether (sulfide) groups is 1. The molecule has 1 aliphatic heterocycles. The van der Waals surface area contributed by atoms with Crippen molar-refractivity contribution in [2.24, 2.45) is 11.7 Å². The standard InChI is InChI=1S/C11H24N2S/c1-3-4-10(2)11(9-12)13-5-7-14-8-6-13/h10-11H,3-9,12H2,1-2H3. The number of nitrogens with two attached hydrogens (primary N) is 1. The van der Waals surface area contributed by atoms with E-state index in [1.165, 1.54) is 37.4 Å². The van der Waals surface area contributed by atoms with Crippen LogP contribution in [0, 0.1) is 5.92 Å². The first-order valence-electron chi connectivity index (χ1n) is 5.81. The molecule has 1 heterocycles. The lowest BCUT2D eigenvalue weighted by Gasteiger charge is -2.37. The van der Waals surface area contributed by atoms with Gasteiger partial charge in [-0.3, -0.25) is 4.90 Å². The Hall–Kier alpha value is 0.270. The van der Waals surface area contributed by atoms with E-state index in [-0.39, 0.29) is 0 Å². The van der Waals surface area contributed by atoms with E-state index in [1.54, 1.807) is 0 Å². The molecule has 0 amide bonds. The van der Waals surface area contributed by atoms with Crippen LogP contribution in [0.25, 0.3) is 0 Å². The van der Waals surface area contributed by atoms with Crippen molar-refractivity contribution in [1.82, 2.24) is 4.90 Å². The molecule has 84 valence electrons. The Balaban J connectivity index is 2.41. The Morgan fingerprint density at radius 1 is 1.36 bits per heavy atom. The van der Waals surface area contributed by atoms with Crippen LogP contribution in [0.4, 0.5) is 0 Å². The summed E-state index contributed by atoms with van der Waals surface area (Å²) >= 11 is 2.07. The maximum Gasteiger partial charge on any atom is 0.0244 e.